The van der Waals surface area contributed by atoms with Crippen LogP contribution in [0.4, 0.5) is 0 Å². The zero-order valence-electron chi connectivity index (χ0n) is 8.79. The van der Waals surface area contributed by atoms with Crippen LogP contribution in [0.3, 0.4) is 0 Å². The Kier molecular flexibility index (Phi) is 4.67. The zero-order chi connectivity index (χ0) is 10.5. The molecule has 0 spiro atoms. The van der Waals surface area contributed by atoms with Crippen LogP contribution in [0.15, 0.2) is 0 Å². The Morgan fingerprint density at radius 1 is 1.46 bits per heavy atom. The van der Waals surface area contributed by atoms with E-state index < -0.39 is 5.41 Å². The summed E-state index contributed by atoms with van der Waals surface area (Å²) in [5.41, 5.74) is -0.563. The van der Waals surface area contributed by atoms with E-state index in [1.54, 1.807) is 13.8 Å². The van der Waals surface area contributed by atoms with Crippen molar-refractivity contribution in [2.24, 2.45) is 11.3 Å². The molecule has 0 atom stereocenters. The summed E-state index contributed by atoms with van der Waals surface area (Å²) in [7, 11) is 0. The summed E-state index contributed by atoms with van der Waals surface area (Å²) in [6, 6.07) is 0. The number of ether oxygens (including phenoxy) is 1. The molecule has 0 unspecified atom stereocenters. The van der Waals surface area contributed by atoms with E-state index in [1.807, 2.05) is 13.8 Å². The van der Waals surface area contributed by atoms with Crippen LogP contribution in [0.2, 0.25) is 0 Å². The van der Waals surface area contributed by atoms with Crippen molar-refractivity contribution < 1.29 is 14.3 Å². The molecule has 0 aliphatic rings. The maximum Gasteiger partial charge on any atom is 0.306 e. The van der Waals surface area contributed by atoms with Crippen molar-refractivity contribution >= 4 is 12.3 Å². The molecule has 0 rings (SSSR count). The van der Waals surface area contributed by atoms with Gasteiger partial charge in [0.15, 0.2) is 0 Å². The number of hydrogen-bond acceptors (Lipinski definition) is 3. The second kappa shape index (κ2) is 5.00. The molecular formula is C10H18O3. The summed E-state index contributed by atoms with van der Waals surface area (Å²) in [4.78, 5) is 21.5. The molecule has 0 aromatic heterocycles. The average molecular weight is 186 g/mol. The second-order valence-electron chi connectivity index (χ2n) is 4.37. The third-order valence-electron chi connectivity index (χ3n) is 1.50. The molecule has 0 N–H and O–H groups in total. The lowest BCUT2D eigenvalue weighted by Crippen LogP contribution is -2.23. The highest BCUT2D eigenvalue weighted by Gasteiger charge is 2.19. The summed E-state index contributed by atoms with van der Waals surface area (Å²) in [5, 5.41) is 0. The summed E-state index contributed by atoms with van der Waals surface area (Å²) in [5.74, 6) is 0.0665. The lowest BCUT2D eigenvalue weighted by atomic mass is 9.98. The first-order valence-electron chi connectivity index (χ1n) is 4.49. The van der Waals surface area contributed by atoms with E-state index in [4.69, 9.17) is 4.74 Å². The standard InChI is InChI=1S/C10H18O3/c1-8(2)5-9(12)13-7-10(3,4)6-11/h6,8H,5,7H2,1-4H3. The Morgan fingerprint density at radius 3 is 2.38 bits per heavy atom. The largest absolute Gasteiger partial charge is 0.465 e. The van der Waals surface area contributed by atoms with Crippen LogP contribution >= 0.6 is 0 Å². The van der Waals surface area contributed by atoms with Crippen LogP contribution in [0.5, 0.6) is 0 Å². The minimum Gasteiger partial charge on any atom is -0.465 e. The molecule has 13 heavy (non-hydrogen) atoms. The van der Waals surface area contributed by atoms with E-state index in [-0.39, 0.29) is 12.6 Å². The highest BCUT2D eigenvalue weighted by molar-refractivity contribution is 5.70. The fourth-order valence-electron chi connectivity index (χ4n) is 0.693. The smallest absolute Gasteiger partial charge is 0.306 e. The maximum absolute atomic E-state index is 11.1. The van der Waals surface area contributed by atoms with Gasteiger partial charge in [-0.05, 0) is 19.8 Å². The molecule has 0 aliphatic heterocycles. The van der Waals surface area contributed by atoms with Gasteiger partial charge in [0, 0.05) is 6.42 Å². The van der Waals surface area contributed by atoms with Crippen molar-refractivity contribution in [3.63, 3.8) is 0 Å². The third-order valence-corrected chi connectivity index (χ3v) is 1.50. The molecule has 0 fully saturated rings. The van der Waals surface area contributed by atoms with E-state index in [9.17, 15) is 9.59 Å². The van der Waals surface area contributed by atoms with Crippen LogP contribution < -0.4 is 0 Å². The quantitative estimate of drug-likeness (QED) is 0.485. The van der Waals surface area contributed by atoms with Gasteiger partial charge in [0.2, 0.25) is 0 Å². The molecule has 0 heterocycles. The van der Waals surface area contributed by atoms with Crippen LogP contribution in [-0.4, -0.2) is 18.9 Å². The molecule has 0 aromatic carbocycles. The first-order valence-corrected chi connectivity index (χ1v) is 4.49. The lowest BCUT2D eigenvalue weighted by molar-refractivity contribution is -0.148. The average Bonchev–Trinajstić information content (AvgIpc) is 2.00. The maximum atomic E-state index is 11.1. The van der Waals surface area contributed by atoms with Gasteiger partial charge in [-0.2, -0.15) is 0 Å². The Balaban J connectivity index is 3.76. The number of aldehydes is 1. The minimum atomic E-state index is -0.563. The van der Waals surface area contributed by atoms with Gasteiger partial charge in [-0.1, -0.05) is 13.8 Å². The van der Waals surface area contributed by atoms with E-state index in [0.29, 0.717) is 12.3 Å². The molecule has 0 amide bonds. The van der Waals surface area contributed by atoms with Gasteiger partial charge in [-0.3, -0.25) is 4.79 Å². The Hall–Kier alpha value is -0.860. The molecule has 0 bridgehead atoms. The van der Waals surface area contributed by atoms with E-state index in [0.717, 1.165) is 6.29 Å². The molecule has 76 valence electrons. The van der Waals surface area contributed by atoms with E-state index >= 15 is 0 Å². The summed E-state index contributed by atoms with van der Waals surface area (Å²) < 4.78 is 4.94. The molecule has 0 aliphatic carbocycles. The summed E-state index contributed by atoms with van der Waals surface area (Å²) >= 11 is 0. The van der Waals surface area contributed by atoms with Crippen LogP contribution in [0.25, 0.3) is 0 Å². The fourth-order valence-corrected chi connectivity index (χ4v) is 0.693. The van der Waals surface area contributed by atoms with Crippen molar-refractivity contribution in [2.45, 2.75) is 34.1 Å². The van der Waals surface area contributed by atoms with Gasteiger partial charge in [0.25, 0.3) is 0 Å². The highest BCUT2D eigenvalue weighted by Crippen LogP contribution is 2.12. The zero-order valence-corrected chi connectivity index (χ0v) is 8.79. The lowest BCUT2D eigenvalue weighted by Gasteiger charge is -2.16. The van der Waals surface area contributed by atoms with Gasteiger partial charge >= 0.3 is 5.97 Å². The number of rotatable bonds is 5. The number of esters is 1. The number of carbonyl (C=O) groups is 2. The monoisotopic (exact) mass is 186 g/mol. The van der Waals surface area contributed by atoms with Gasteiger partial charge < -0.3 is 9.53 Å². The first-order chi connectivity index (χ1) is 5.87. The Morgan fingerprint density at radius 2 is 2.00 bits per heavy atom. The Labute approximate surface area is 79.5 Å². The molecule has 0 saturated carbocycles. The predicted molar refractivity (Wildman–Crippen MR) is 50.3 cm³/mol. The molecular weight excluding hydrogens is 168 g/mol. The highest BCUT2D eigenvalue weighted by atomic mass is 16.5. The topological polar surface area (TPSA) is 43.4 Å². The van der Waals surface area contributed by atoms with Crippen molar-refractivity contribution in [2.75, 3.05) is 6.61 Å². The Bertz CT molecular complexity index is 183. The van der Waals surface area contributed by atoms with Crippen LogP contribution in [0, 0.1) is 11.3 Å². The van der Waals surface area contributed by atoms with E-state index in [1.165, 1.54) is 0 Å². The molecule has 3 nitrogen and oxygen atoms in total. The van der Waals surface area contributed by atoms with Gasteiger partial charge in [-0.25, -0.2) is 0 Å². The van der Waals surface area contributed by atoms with Crippen molar-refractivity contribution in [3.8, 4) is 0 Å². The summed E-state index contributed by atoms with van der Waals surface area (Å²) in [6.07, 6.45) is 1.21. The number of carbonyl (C=O) groups excluding carboxylic acids is 2. The van der Waals surface area contributed by atoms with Gasteiger partial charge in [-0.15, -0.1) is 0 Å². The number of hydrogen-bond donors (Lipinski definition) is 0. The molecule has 0 aromatic rings. The van der Waals surface area contributed by atoms with Crippen LogP contribution in [0.1, 0.15) is 34.1 Å². The minimum absolute atomic E-state index is 0.169. The van der Waals surface area contributed by atoms with Crippen molar-refractivity contribution in [1.29, 1.82) is 0 Å². The molecule has 0 saturated heterocycles. The van der Waals surface area contributed by atoms with E-state index in [2.05, 4.69) is 0 Å². The van der Waals surface area contributed by atoms with Gasteiger partial charge in [0.05, 0.1) is 5.41 Å². The fraction of sp³-hybridized carbons (Fsp3) is 0.800. The predicted octanol–water partition coefficient (Wildman–Crippen LogP) is 1.80. The molecule has 3 heteroatoms. The normalized spacial score (nSPS) is 11.5. The van der Waals surface area contributed by atoms with Crippen molar-refractivity contribution in [3.05, 3.63) is 0 Å². The van der Waals surface area contributed by atoms with Gasteiger partial charge in [0.1, 0.15) is 12.9 Å². The van der Waals surface area contributed by atoms with Crippen molar-refractivity contribution in [1.82, 2.24) is 0 Å². The first kappa shape index (κ1) is 12.1. The third kappa shape index (κ3) is 6.31. The molecule has 0 radical (unpaired) electrons. The van der Waals surface area contributed by atoms with Crippen LogP contribution in [-0.2, 0) is 14.3 Å². The second-order valence-corrected chi connectivity index (χ2v) is 4.37. The SMILES string of the molecule is CC(C)CC(=O)OCC(C)(C)C=O. The summed E-state index contributed by atoms with van der Waals surface area (Å²) in [6.45, 7) is 7.55.